The van der Waals surface area contributed by atoms with E-state index in [4.69, 9.17) is 20.6 Å². The van der Waals surface area contributed by atoms with Gasteiger partial charge in [-0.2, -0.15) is 0 Å². The number of nitrogen functional groups attached to an aromatic ring is 1. The molecule has 2 aromatic rings. The molecule has 2 aromatic carbocycles. The first kappa shape index (κ1) is 25.1. The second-order valence-electron chi connectivity index (χ2n) is 7.97. The lowest BCUT2D eigenvalue weighted by molar-refractivity contribution is -0.134. The van der Waals surface area contributed by atoms with E-state index in [0.29, 0.717) is 24.3 Å². The first-order valence-electron chi connectivity index (χ1n) is 10.8. The topological polar surface area (TPSA) is 133 Å². The zero-order valence-electron chi connectivity index (χ0n) is 18.7. The average Bonchev–Trinajstić information content (AvgIpc) is 3.30. The van der Waals surface area contributed by atoms with E-state index in [9.17, 15) is 9.59 Å². The van der Waals surface area contributed by atoms with Crippen LogP contribution in [0.1, 0.15) is 11.1 Å². The second-order valence-corrected chi connectivity index (χ2v) is 7.97. The average molecular weight is 489 g/mol. The summed E-state index contributed by atoms with van der Waals surface area (Å²) in [5.74, 6) is 1.14. The number of carbonyl (C=O) groups excluding carboxylic acids is 2. The molecule has 2 amide bonds. The predicted octanol–water partition coefficient (Wildman–Crippen LogP) is 0.994. The molecule has 0 bridgehead atoms. The normalized spacial score (nSPS) is 14.8. The number of fused-ring (bicyclic) bond motifs is 1. The standard InChI is InChI=1S/C23H28N6O4.ClH/c24-23(25)17-2-1-3-18(11-17)26-12-21(30)27-13-22(31)29-8-6-28(7-9-29)14-16-4-5-19-20(10-16)33-15-32-19;/h1-5,10-11,26H,6-9,12-15H2,(H3,24,25)(H,27,30);1H. The van der Waals surface area contributed by atoms with Gasteiger partial charge in [-0.1, -0.05) is 18.2 Å². The van der Waals surface area contributed by atoms with E-state index in [2.05, 4.69) is 15.5 Å². The van der Waals surface area contributed by atoms with Crippen molar-refractivity contribution in [1.82, 2.24) is 15.1 Å². The van der Waals surface area contributed by atoms with Crippen LogP contribution in [-0.2, 0) is 16.1 Å². The van der Waals surface area contributed by atoms with Crippen molar-refractivity contribution in [2.45, 2.75) is 6.54 Å². The number of piperazine rings is 1. The number of halogens is 1. The predicted molar refractivity (Wildman–Crippen MR) is 131 cm³/mol. The summed E-state index contributed by atoms with van der Waals surface area (Å²) in [6.45, 7) is 3.81. The maximum atomic E-state index is 12.5. The number of hydrogen-bond donors (Lipinski definition) is 4. The zero-order chi connectivity index (χ0) is 23.2. The van der Waals surface area contributed by atoms with Crippen molar-refractivity contribution in [3.63, 3.8) is 0 Å². The molecule has 11 heteroatoms. The fourth-order valence-corrected chi connectivity index (χ4v) is 3.78. The van der Waals surface area contributed by atoms with Crippen LogP contribution < -0.4 is 25.8 Å². The highest BCUT2D eigenvalue weighted by Gasteiger charge is 2.22. The van der Waals surface area contributed by atoms with Gasteiger partial charge in [0.1, 0.15) is 5.84 Å². The molecule has 0 unspecified atom stereocenters. The van der Waals surface area contributed by atoms with Crippen LogP contribution >= 0.6 is 12.4 Å². The maximum absolute atomic E-state index is 12.5. The van der Waals surface area contributed by atoms with Crippen molar-refractivity contribution in [2.75, 3.05) is 51.4 Å². The van der Waals surface area contributed by atoms with Crippen LogP contribution in [0, 0.1) is 5.41 Å². The molecule has 2 aliphatic rings. The van der Waals surface area contributed by atoms with E-state index in [-0.39, 0.29) is 49.9 Å². The van der Waals surface area contributed by atoms with Crippen molar-refractivity contribution in [1.29, 1.82) is 5.41 Å². The maximum Gasteiger partial charge on any atom is 0.242 e. The summed E-state index contributed by atoms with van der Waals surface area (Å²) >= 11 is 0. The molecule has 0 saturated carbocycles. The molecule has 0 aliphatic carbocycles. The largest absolute Gasteiger partial charge is 0.454 e. The highest BCUT2D eigenvalue weighted by atomic mass is 35.5. The number of amidine groups is 1. The monoisotopic (exact) mass is 488 g/mol. The van der Waals surface area contributed by atoms with Crippen LogP contribution in [0.4, 0.5) is 5.69 Å². The Balaban J connectivity index is 0.00000324. The van der Waals surface area contributed by atoms with Gasteiger partial charge < -0.3 is 30.7 Å². The van der Waals surface area contributed by atoms with Gasteiger partial charge in [-0.15, -0.1) is 12.4 Å². The van der Waals surface area contributed by atoms with Gasteiger partial charge in [-0.25, -0.2) is 0 Å². The van der Waals surface area contributed by atoms with Crippen LogP contribution in [0.25, 0.3) is 0 Å². The molecule has 2 aliphatic heterocycles. The zero-order valence-corrected chi connectivity index (χ0v) is 19.5. The molecule has 0 radical (unpaired) electrons. The molecule has 0 aromatic heterocycles. The molecule has 4 rings (SSSR count). The number of anilines is 1. The summed E-state index contributed by atoms with van der Waals surface area (Å²) in [5.41, 5.74) is 7.88. The van der Waals surface area contributed by atoms with E-state index in [0.717, 1.165) is 36.7 Å². The van der Waals surface area contributed by atoms with E-state index in [1.807, 2.05) is 18.2 Å². The Hall–Kier alpha value is -3.50. The van der Waals surface area contributed by atoms with E-state index in [1.165, 1.54) is 0 Å². The lowest BCUT2D eigenvalue weighted by Gasteiger charge is -2.34. The number of nitrogens with two attached hydrogens (primary N) is 1. The third-order valence-electron chi connectivity index (χ3n) is 5.63. The Morgan fingerprint density at radius 2 is 1.76 bits per heavy atom. The van der Waals surface area contributed by atoms with E-state index >= 15 is 0 Å². The molecule has 1 fully saturated rings. The number of rotatable bonds is 8. The molecule has 0 spiro atoms. The number of hydrogen-bond acceptors (Lipinski definition) is 7. The lowest BCUT2D eigenvalue weighted by atomic mass is 10.1. The van der Waals surface area contributed by atoms with Gasteiger partial charge in [0, 0.05) is 44.0 Å². The van der Waals surface area contributed by atoms with Gasteiger partial charge in [-0.3, -0.25) is 19.9 Å². The third kappa shape index (κ3) is 6.52. The number of nitrogens with zero attached hydrogens (tertiary/aromatic N) is 2. The van der Waals surface area contributed by atoms with E-state index < -0.39 is 0 Å². The molecule has 182 valence electrons. The van der Waals surface area contributed by atoms with Gasteiger partial charge in [0.05, 0.1) is 13.1 Å². The number of carbonyl (C=O) groups is 2. The summed E-state index contributed by atoms with van der Waals surface area (Å²) in [5, 5.41) is 13.1. The van der Waals surface area contributed by atoms with Gasteiger partial charge in [-0.05, 0) is 29.8 Å². The highest BCUT2D eigenvalue weighted by Crippen LogP contribution is 2.32. The third-order valence-corrected chi connectivity index (χ3v) is 5.63. The quantitative estimate of drug-likeness (QED) is 0.321. The Kier molecular flexibility index (Phi) is 8.55. The minimum Gasteiger partial charge on any atom is -0.454 e. The van der Waals surface area contributed by atoms with Crippen molar-refractivity contribution >= 4 is 35.7 Å². The van der Waals surface area contributed by atoms with Crippen molar-refractivity contribution in [3.8, 4) is 11.5 Å². The molecule has 10 nitrogen and oxygen atoms in total. The summed E-state index contributed by atoms with van der Waals surface area (Å²) in [6.07, 6.45) is 0. The first-order valence-corrected chi connectivity index (χ1v) is 10.8. The lowest BCUT2D eigenvalue weighted by Crippen LogP contribution is -2.51. The fraction of sp³-hybridized carbons (Fsp3) is 0.348. The highest BCUT2D eigenvalue weighted by molar-refractivity contribution is 5.96. The number of benzene rings is 2. The van der Waals surface area contributed by atoms with Crippen molar-refractivity contribution in [3.05, 3.63) is 53.6 Å². The van der Waals surface area contributed by atoms with Gasteiger partial charge >= 0.3 is 0 Å². The molecule has 5 N–H and O–H groups in total. The van der Waals surface area contributed by atoms with Crippen LogP contribution in [0.5, 0.6) is 11.5 Å². The van der Waals surface area contributed by atoms with Crippen LogP contribution in [0.15, 0.2) is 42.5 Å². The smallest absolute Gasteiger partial charge is 0.242 e. The SMILES string of the molecule is Cl.N=C(N)c1cccc(NCC(=O)NCC(=O)N2CCN(Cc3ccc4c(c3)OCO4)CC2)c1. The van der Waals surface area contributed by atoms with Gasteiger partial charge in [0.25, 0.3) is 0 Å². The number of nitrogens with one attached hydrogen (secondary N) is 3. The minimum atomic E-state index is -0.280. The Bertz CT molecular complexity index is 1040. The number of amides is 2. The second kappa shape index (κ2) is 11.6. The Morgan fingerprint density at radius 1 is 1.00 bits per heavy atom. The summed E-state index contributed by atoms with van der Waals surface area (Å²) in [4.78, 5) is 28.7. The van der Waals surface area contributed by atoms with Gasteiger partial charge in [0.2, 0.25) is 18.6 Å². The minimum absolute atomic E-state index is 0. The molecule has 1 saturated heterocycles. The molecule has 2 heterocycles. The molecular weight excluding hydrogens is 460 g/mol. The first-order chi connectivity index (χ1) is 16.0. The molecule has 0 atom stereocenters. The fourth-order valence-electron chi connectivity index (χ4n) is 3.78. The van der Waals surface area contributed by atoms with Crippen LogP contribution in [-0.4, -0.2) is 73.5 Å². The molecule has 34 heavy (non-hydrogen) atoms. The summed E-state index contributed by atoms with van der Waals surface area (Å²) < 4.78 is 10.8. The Labute approximate surface area is 204 Å². The summed E-state index contributed by atoms with van der Waals surface area (Å²) in [6, 6.07) is 12.9. The van der Waals surface area contributed by atoms with Crippen LogP contribution in [0.3, 0.4) is 0 Å². The molecular formula is C23H29ClN6O4. The Morgan fingerprint density at radius 3 is 2.53 bits per heavy atom. The number of ether oxygens (including phenoxy) is 2. The van der Waals surface area contributed by atoms with E-state index in [1.54, 1.807) is 29.2 Å². The van der Waals surface area contributed by atoms with Crippen LogP contribution in [0.2, 0.25) is 0 Å². The van der Waals surface area contributed by atoms with Crippen molar-refractivity contribution in [2.24, 2.45) is 5.73 Å². The van der Waals surface area contributed by atoms with Gasteiger partial charge in [0.15, 0.2) is 11.5 Å². The van der Waals surface area contributed by atoms with Crippen molar-refractivity contribution < 1.29 is 19.1 Å². The summed E-state index contributed by atoms with van der Waals surface area (Å²) in [7, 11) is 0.